The van der Waals surface area contributed by atoms with Gasteiger partial charge in [0.25, 0.3) is 5.91 Å². The van der Waals surface area contributed by atoms with Gasteiger partial charge in [0, 0.05) is 19.2 Å². The van der Waals surface area contributed by atoms with Crippen LogP contribution in [-0.2, 0) is 18.8 Å². The Balaban J connectivity index is 2.40. The normalized spacial score (nSPS) is 19.6. The molecule has 1 saturated heterocycles. The lowest BCUT2D eigenvalue weighted by molar-refractivity contribution is -0.136. The number of rotatable bonds is 4. The van der Waals surface area contributed by atoms with Crippen molar-refractivity contribution in [2.75, 3.05) is 11.9 Å². The number of anilines is 1. The molecule has 10 heteroatoms. The van der Waals surface area contributed by atoms with E-state index in [1.165, 1.54) is 24.1 Å². The molecule has 1 fully saturated rings. The second kappa shape index (κ2) is 9.35. The Morgan fingerprint density at radius 1 is 1.18 bits per heavy atom. The summed E-state index contributed by atoms with van der Waals surface area (Å²) in [6.07, 6.45) is -1.85. The third kappa shape index (κ3) is 6.13. The van der Waals surface area contributed by atoms with Crippen LogP contribution < -0.4 is 4.90 Å². The highest BCUT2D eigenvalue weighted by atomic mass is 35.5. The van der Waals surface area contributed by atoms with E-state index in [9.17, 15) is 18.8 Å². The quantitative estimate of drug-likeness (QED) is 0.519. The summed E-state index contributed by atoms with van der Waals surface area (Å²) in [5.74, 6) is -1.74. The van der Waals surface area contributed by atoms with Gasteiger partial charge in [-0.15, -0.1) is 0 Å². The van der Waals surface area contributed by atoms with Crippen molar-refractivity contribution in [2.24, 2.45) is 0 Å². The average Bonchev–Trinajstić information content (AvgIpc) is 2.96. The Morgan fingerprint density at radius 2 is 1.76 bits per heavy atom. The molecule has 0 N–H and O–H groups in total. The first-order valence-electron chi connectivity index (χ1n) is 10.8. The molecule has 0 radical (unpaired) electrons. The SMILES string of the molecule is CN(C(=O)C1CC(O[Si](C)(C)C(C)(C)C)C(=O)N1C(=O)OC(C)(C)C)c1ccc(F)c(Cl)c1. The fraction of sp³-hybridized carbons (Fsp3) is 0.609. The molecule has 2 atom stereocenters. The zero-order valence-corrected chi connectivity index (χ0v) is 22.5. The molecule has 3 amide bonds. The number of hydrogen-bond acceptors (Lipinski definition) is 5. The molecule has 2 unspecified atom stereocenters. The van der Waals surface area contributed by atoms with Crippen LogP contribution >= 0.6 is 11.6 Å². The first-order valence-corrected chi connectivity index (χ1v) is 14.1. The maximum Gasteiger partial charge on any atom is 0.417 e. The molecule has 0 saturated carbocycles. The number of carbonyl (C=O) groups excluding carboxylic acids is 3. The Kier molecular flexibility index (Phi) is 7.72. The summed E-state index contributed by atoms with van der Waals surface area (Å²) in [5, 5.41) is -0.314. The smallest absolute Gasteiger partial charge is 0.417 e. The summed E-state index contributed by atoms with van der Waals surface area (Å²) < 4.78 is 25.3. The number of halogens is 2. The van der Waals surface area contributed by atoms with Gasteiger partial charge < -0.3 is 14.1 Å². The average molecular weight is 501 g/mol. The number of likely N-dealkylation sites (tertiary alicyclic amines) is 1. The van der Waals surface area contributed by atoms with Crippen molar-refractivity contribution < 1.29 is 27.9 Å². The van der Waals surface area contributed by atoms with Gasteiger partial charge in [-0.25, -0.2) is 14.1 Å². The molecule has 0 aliphatic carbocycles. The van der Waals surface area contributed by atoms with Gasteiger partial charge in [0.05, 0.1) is 5.02 Å². The topological polar surface area (TPSA) is 76.2 Å². The summed E-state index contributed by atoms with van der Waals surface area (Å²) in [6.45, 7) is 15.2. The number of imide groups is 1. The highest BCUT2D eigenvalue weighted by Gasteiger charge is 2.52. The molecule has 7 nitrogen and oxygen atoms in total. The Hall–Kier alpha value is -1.97. The number of carbonyl (C=O) groups is 3. The van der Waals surface area contributed by atoms with E-state index in [2.05, 4.69) is 0 Å². The number of ether oxygens (including phenoxy) is 1. The van der Waals surface area contributed by atoms with E-state index in [4.69, 9.17) is 20.8 Å². The zero-order chi connectivity index (χ0) is 25.5. The van der Waals surface area contributed by atoms with E-state index in [-0.39, 0.29) is 16.5 Å². The fourth-order valence-electron chi connectivity index (χ4n) is 3.13. The van der Waals surface area contributed by atoms with Crippen molar-refractivity contribution in [3.05, 3.63) is 29.0 Å². The van der Waals surface area contributed by atoms with Gasteiger partial charge >= 0.3 is 6.09 Å². The van der Waals surface area contributed by atoms with Crippen molar-refractivity contribution in [3.63, 3.8) is 0 Å². The molecule has 0 aromatic heterocycles. The minimum Gasteiger partial charge on any atom is -0.443 e. The maximum absolute atomic E-state index is 13.6. The highest BCUT2D eigenvalue weighted by Crippen LogP contribution is 2.39. The fourth-order valence-corrected chi connectivity index (χ4v) is 4.57. The van der Waals surface area contributed by atoms with Gasteiger partial charge in [0.15, 0.2) is 8.32 Å². The number of benzene rings is 1. The van der Waals surface area contributed by atoms with E-state index < -0.39 is 49.8 Å². The molecule has 0 spiro atoms. The van der Waals surface area contributed by atoms with Crippen LogP contribution in [0.5, 0.6) is 0 Å². The van der Waals surface area contributed by atoms with Crippen LogP contribution in [0.1, 0.15) is 48.0 Å². The molecule has 33 heavy (non-hydrogen) atoms. The van der Waals surface area contributed by atoms with Crippen LogP contribution in [-0.4, -0.2) is 55.9 Å². The third-order valence-electron chi connectivity index (χ3n) is 6.00. The van der Waals surface area contributed by atoms with Crippen molar-refractivity contribution >= 4 is 43.5 Å². The summed E-state index contributed by atoms with van der Waals surface area (Å²) in [5.41, 5.74) is -0.531. The van der Waals surface area contributed by atoms with E-state index in [1.54, 1.807) is 20.8 Å². The van der Waals surface area contributed by atoms with E-state index in [0.717, 1.165) is 11.0 Å². The van der Waals surface area contributed by atoms with Crippen LogP contribution in [0.3, 0.4) is 0 Å². The number of hydrogen-bond donors (Lipinski definition) is 0. The first kappa shape index (κ1) is 27.3. The summed E-state index contributed by atoms with van der Waals surface area (Å²) in [7, 11) is -0.898. The van der Waals surface area contributed by atoms with Crippen molar-refractivity contribution in [1.82, 2.24) is 4.90 Å². The summed E-state index contributed by atoms with van der Waals surface area (Å²) >= 11 is 5.87. The zero-order valence-electron chi connectivity index (χ0n) is 20.8. The lowest BCUT2D eigenvalue weighted by Gasteiger charge is -2.37. The van der Waals surface area contributed by atoms with Crippen molar-refractivity contribution in [3.8, 4) is 0 Å². The maximum atomic E-state index is 13.6. The molecular weight excluding hydrogens is 467 g/mol. The molecule has 0 bridgehead atoms. The van der Waals surface area contributed by atoms with E-state index >= 15 is 0 Å². The third-order valence-corrected chi connectivity index (χ3v) is 10.8. The Morgan fingerprint density at radius 3 is 2.24 bits per heavy atom. The number of nitrogens with zero attached hydrogens (tertiary/aromatic N) is 2. The minimum atomic E-state index is -2.38. The molecule has 1 aromatic carbocycles. The second-order valence-electron chi connectivity index (χ2n) is 10.8. The number of likely N-dealkylation sites (N-methyl/N-ethyl adjacent to an activating group) is 1. The van der Waals surface area contributed by atoms with Crippen LogP contribution in [0.15, 0.2) is 18.2 Å². The van der Waals surface area contributed by atoms with E-state index in [0.29, 0.717) is 5.69 Å². The monoisotopic (exact) mass is 500 g/mol. The largest absolute Gasteiger partial charge is 0.443 e. The second-order valence-corrected chi connectivity index (χ2v) is 16.0. The molecule has 184 valence electrons. The molecule has 1 aliphatic rings. The van der Waals surface area contributed by atoms with Gasteiger partial charge in [-0.2, -0.15) is 0 Å². The van der Waals surface area contributed by atoms with Gasteiger partial charge in [0.2, 0.25) is 5.91 Å². The van der Waals surface area contributed by atoms with Crippen LogP contribution in [0, 0.1) is 5.82 Å². The molecule has 2 rings (SSSR count). The molecule has 1 heterocycles. The van der Waals surface area contributed by atoms with Crippen LogP contribution in [0.25, 0.3) is 0 Å². The molecule has 1 aromatic rings. The summed E-state index contributed by atoms with van der Waals surface area (Å²) in [4.78, 5) is 41.8. The van der Waals surface area contributed by atoms with Gasteiger partial charge in [-0.3, -0.25) is 9.59 Å². The lowest BCUT2D eigenvalue weighted by Crippen LogP contribution is -2.50. The predicted molar refractivity (Wildman–Crippen MR) is 128 cm³/mol. The Bertz CT molecular complexity index is 942. The summed E-state index contributed by atoms with van der Waals surface area (Å²) in [6, 6.07) is 2.73. The Labute approximate surface area is 201 Å². The standard InChI is InChI=1S/C23H34ClFN2O5Si/c1-22(2,3)31-21(30)27-17(13-18(20(27)29)32-33(8,9)23(4,5)6)19(28)26(7)14-10-11-16(25)15(24)12-14/h10-12,17-18H,13H2,1-9H3. The minimum absolute atomic E-state index is 0.00267. The van der Waals surface area contributed by atoms with E-state index in [1.807, 2.05) is 33.9 Å². The van der Waals surface area contributed by atoms with Crippen molar-refractivity contribution in [2.45, 2.75) is 83.8 Å². The van der Waals surface area contributed by atoms with Gasteiger partial charge in [-0.1, -0.05) is 32.4 Å². The van der Waals surface area contributed by atoms with Crippen LogP contribution in [0.4, 0.5) is 14.9 Å². The number of amides is 3. The van der Waals surface area contributed by atoms with Gasteiger partial charge in [0.1, 0.15) is 23.6 Å². The van der Waals surface area contributed by atoms with Crippen molar-refractivity contribution in [1.29, 1.82) is 0 Å². The lowest BCUT2D eigenvalue weighted by atomic mass is 10.1. The van der Waals surface area contributed by atoms with Crippen LogP contribution in [0.2, 0.25) is 23.2 Å². The first-order chi connectivity index (χ1) is 14.9. The highest BCUT2D eigenvalue weighted by molar-refractivity contribution is 6.74. The molecular formula is C23H34ClFN2O5Si. The predicted octanol–water partition coefficient (Wildman–Crippen LogP) is 5.37. The van der Waals surface area contributed by atoms with Gasteiger partial charge in [-0.05, 0) is 57.1 Å². The molecule has 1 aliphatic heterocycles.